The van der Waals surface area contributed by atoms with Crippen molar-refractivity contribution in [3.63, 3.8) is 0 Å². The highest BCUT2D eigenvalue weighted by Crippen LogP contribution is 2.40. The number of likely N-dealkylation sites (tertiary alicyclic amines) is 1. The van der Waals surface area contributed by atoms with Gasteiger partial charge in [0.1, 0.15) is 24.9 Å². The minimum Gasteiger partial charge on any atom is -0.486 e. The molecular weight excluding hydrogens is 517 g/mol. The van der Waals surface area contributed by atoms with Gasteiger partial charge in [-0.2, -0.15) is 8.78 Å². The van der Waals surface area contributed by atoms with Gasteiger partial charge in [0.2, 0.25) is 0 Å². The molecule has 0 saturated carbocycles. The number of nitrogens with zero attached hydrogens (tertiary/aromatic N) is 1. The molecule has 0 aliphatic carbocycles. The Balaban J connectivity index is 1.41. The summed E-state index contributed by atoms with van der Waals surface area (Å²) in [6, 6.07) is 7.52. The quantitative estimate of drug-likeness (QED) is 0.442. The molecule has 2 aliphatic rings. The van der Waals surface area contributed by atoms with Gasteiger partial charge in [0, 0.05) is 17.0 Å². The van der Waals surface area contributed by atoms with Gasteiger partial charge in [-0.05, 0) is 67.9 Å². The molecule has 192 valence electrons. The average Bonchev–Trinajstić information content (AvgIpc) is 3.53. The van der Waals surface area contributed by atoms with Crippen LogP contribution in [-0.2, 0) is 10.7 Å². The van der Waals surface area contributed by atoms with Crippen molar-refractivity contribution in [2.24, 2.45) is 0 Å². The molecule has 2 atom stereocenters. The predicted molar refractivity (Wildman–Crippen MR) is 130 cm³/mol. The number of amides is 1. The van der Waals surface area contributed by atoms with Crippen molar-refractivity contribution in [2.45, 2.75) is 30.9 Å². The van der Waals surface area contributed by atoms with Gasteiger partial charge in [0.15, 0.2) is 17.3 Å². The normalized spacial score (nSPS) is 17.8. The summed E-state index contributed by atoms with van der Waals surface area (Å²) < 4.78 is 46.8. The summed E-state index contributed by atoms with van der Waals surface area (Å²) in [7, 11) is 0. The summed E-state index contributed by atoms with van der Waals surface area (Å²) in [6.07, 6.45) is 0.558. The minimum absolute atomic E-state index is 0.171. The summed E-state index contributed by atoms with van der Waals surface area (Å²) in [4.78, 5) is 14.9. The van der Waals surface area contributed by atoms with E-state index >= 15 is 8.78 Å². The number of ether oxygens (including phenoxy) is 2. The van der Waals surface area contributed by atoms with Crippen molar-refractivity contribution >= 4 is 40.1 Å². The number of carbonyl (C=O) groups excluding carboxylic acids is 1. The third-order valence-electron chi connectivity index (χ3n) is 6.38. The zero-order valence-corrected chi connectivity index (χ0v) is 20.6. The van der Waals surface area contributed by atoms with Gasteiger partial charge in [-0.15, -0.1) is 0 Å². The third kappa shape index (κ3) is 4.98. The number of fused-ring (bicyclic) bond motifs is 2. The fraction of sp³-hybridized carbons (Fsp3) is 0.400. The summed E-state index contributed by atoms with van der Waals surface area (Å²) in [6.45, 7) is 2.30. The van der Waals surface area contributed by atoms with Gasteiger partial charge in [-0.3, -0.25) is 4.79 Å². The van der Waals surface area contributed by atoms with Crippen molar-refractivity contribution in [1.29, 1.82) is 0 Å². The molecule has 0 bridgehead atoms. The Bertz CT molecular complexity index is 1280. The molecule has 11 heteroatoms. The van der Waals surface area contributed by atoms with Gasteiger partial charge < -0.3 is 29.2 Å². The third-order valence-corrected chi connectivity index (χ3v) is 6.90. The number of benzene rings is 2. The summed E-state index contributed by atoms with van der Waals surface area (Å²) in [5.74, 6) is -5.68. The Hall–Kier alpha value is -2.59. The lowest BCUT2D eigenvalue weighted by Crippen LogP contribution is -2.50. The van der Waals surface area contributed by atoms with Crippen LogP contribution in [0, 0.1) is 0 Å². The van der Waals surface area contributed by atoms with E-state index in [1.807, 2.05) is 4.90 Å². The molecule has 5 rings (SSSR count). The number of aliphatic hydroxyl groups excluding tert-OH is 1. The Morgan fingerprint density at radius 2 is 1.86 bits per heavy atom. The summed E-state index contributed by atoms with van der Waals surface area (Å²) in [5, 5.41) is 14.5. The van der Waals surface area contributed by atoms with E-state index in [-0.39, 0.29) is 17.2 Å². The summed E-state index contributed by atoms with van der Waals surface area (Å²) >= 11 is 12.3. The second-order valence-corrected chi connectivity index (χ2v) is 9.77. The molecule has 0 spiro atoms. The zero-order chi connectivity index (χ0) is 25.4. The van der Waals surface area contributed by atoms with E-state index in [9.17, 15) is 9.90 Å². The van der Waals surface area contributed by atoms with Crippen molar-refractivity contribution in [2.75, 3.05) is 32.8 Å². The van der Waals surface area contributed by atoms with Crippen LogP contribution in [0.1, 0.15) is 30.3 Å². The number of rotatable bonds is 7. The smallest absolute Gasteiger partial charge is 0.380 e. The highest BCUT2D eigenvalue weighted by atomic mass is 35.5. The van der Waals surface area contributed by atoms with E-state index in [0.717, 1.165) is 32.0 Å². The number of alkyl halides is 2. The number of hydrogen-bond donors (Lipinski definition) is 2. The number of hydrogen-bond acceptors (Lipinski definition) is 6. The van der Waals surface area contributed by atoms with Crippen LogP contribution in [0.3, 0.4) is 0 Å². The van der Waals surface area contributed by atoms with Crippen LogP contribution in [0.25, 0.3) is 11.0 Å². The van der Waals surface area contributed by atoms with E-state index < -0.39 is 29.7 Å². The topological polar surface area (TPSA) is 84.2 Å². The Morgan fingerprint density at radius 3 is 2.64 bits per heavy atom. The van der Waals surface area contributed by atoms with Gasteiger partial charge in [-0.1, -0.05) is 23.2 Å². The lowest BCUT2D eigenvalue weighted by atomic mass is 10.00. The number of aliphatic hydroxyl groups is 1. The monoisotopic (exact) mass is 540 g/mol. The van der Waals surface area contributed by atoms with Crippen LogP contribution >= 0.6 is 23.2 Å². The lowest BCUT2D eigenvalue weighted by Gasteiger charge is -2.30. The maximum Gasteiger partial charge on any atom is 0.380 e. The molecule has 1 fully saturated rings. The van der Waals surface area contributed by atoms with Crippen LogP contribution < -0.4 is 14.8 Å². The van der Waals surface area contributed by atoms with Crippen LogP contribution in [-0.4, -0.2) is 54.8 Å². The molecule has 2 aliphatic heterocycles. The number of nitrogens with one attached hydrogen (secondary N) is 1. The molecule has 3 aromatic rings. The highest BCUT2D eigenvalue weighted by molar-refractivity contribution is 6.32. The molecule has 0 radical (unpaired) electrons. The lowest BCUT2D eigenvalue weighted by molar-refractivity contribution is -0.151. The number of furan rings is 1. The van der Waals surface area contributed by atoms with Crippen molar-refractivity contribution in [1.82, 2.24) is 10.2 Å². The molecule has 7 nitrogen and oxygen atoms in total. The van der Waals surface area contributed by atoms with Gasteiger partial charge >= 0.3 is 5.92 Å². The second-order valence-electron chi connectivity index (χ2n) is 8.93. The maximum atomic E-state index is 15.2. The van der Waals surface area contributed by atoms with Crippen molar-refractivity contribution in [3.8, 4) is 11.5 Å². The molecule has 2 unspecified atom stereocenters. The first-order valence-electron chi connectivity index (χ1n) is 11.6. The largest absolute Gasteiger partial charge is 0.486 e. The van der Waals surface area contributed by atoms with Crippen molar-refractivity contribution in [3.05, 3.63) is 57.8 Å². The predicted octanol–water partition coefficient (Wildman–Crippen LogP) is 4.92. The SMILES string of the molecule is O=C(NC(CN1CCCC1)C(O)c1cc(Cl)c2c(c1)OCCO2)C(F)(F)c1cc2cc(Cl)ccc2o1. The number of carbonyl (C=O) groups is 1. The standard InChI is InChI=1S/C25H24Cl2F2N2O5/c26-16-3-4-19-14(9-16)12-21(36-19)25(28,29)24(33)30-18(13-31-5-1-2-6-31)22(32)15-10-17(27)23-20(11-15)34-7-8-35-23/h3-4,9-12,18,22,32H,1-2,5-8,13H2,(H,30,33). The first-order valence-corrected chi connectivity index (χ1v) is 12.4. The molecule has 36 heavy (non-hydrogen) atoms. The van der Waals surface area contributed by atoms with E-state index in [2.05, 4.69) is 5.32 Å². The molecule has 1 saturated heterocycles. The van der Waals surface area contributed by atoms with E-state index in [4.69, 9.17) is 37.1 Å². The Morgan fingerprint density at radius 1 is 1.11 bits per heavy atom. The molecule has 2 N–H and O–H groups in total. The maximum absolute atomic E-state index is 15.2. The van der Waals surface area contributed by atoms with Gasteiger partial charge in [0.05, 0.1) is 11.1 Å². The fourth-order valence-corrected chi connectivity index (χ4v) is 5.00. The van der Waals surface area contributed by atoms with Crippen LogP contribution in [0.15, 0.2) is 40.8 Å². The molecule has 1 aromatic heterocycles. The first-order chi connectivity index (χ1) is 17.2. The van der Waals surface area contributed by atoms with Gasteiger partial charge in [-0.25, -0.2) is 0 Å². The summed E-state index contributed by atoms with van der Waals surface area (Å²) in [5.41, 5.74) is 0.497. The van der Waals surface area contributed by atoms with E-state index in [0.29, 0.717) is 40.7 Å². The van der Waals surface area contributed by atoms with Crippen molar-refractivity contribution < 1.29 is 32.6 Å². The first kappa shape index (κ1) is 25.1. The molecule has 1 amide bonds. The van der Waals surface area contributed by atoms with E-state index in [1.165, 1.54) is 24.3 Å². The fourth-order valence-electron chi connectivity index (χ4n) is 4.54. The van der Waals surface area contributed by atoms with E-state index in [1.54, 1.807) is 6.07 Å². The zero-order valence-electron chi connectivity index (χ0n) is 19.1. The number of halogens is 4. The second kappa shape index (κ2) is 10.0. The highest BCUT2D eigenvalue weighted by Gasteiger charge is 2.46. The van der Waals surface area contributed by atoms with Crippen LogP contribution in [0.2, 0.25) is 10.0 Å². The van der Waals surface area contributed by atoms with Gasteiger partial charge in [0.25, 0.3) is 5.91 Å². The van der Waals surface area contributed by atoms with Crippen LogP contribution in [0.4, 0.5) is 8.78 Å². The molecular formula is C25H24Cl2F2N2O5. The Labute approximate surface area is 215 Å². The Kier molecular flexibility index (Phi) is 7.00. The molecule has 3 heterocycles. The average molecular weight is 541 g/mol. The minimum atomic E-state index is -3.99. The van der Waals surface area contributed by atoms with Crippen LogP contribution in [0.5, 0.6) is 11.5 Å². The molecule has 2 aromatic carbocycles.